The van der Waals surface area contributed by atoms with Crippen molar-refractivity contribution < 1.29 is 8.81 Å². The molecule has 0 saturated heterocycles. The quantitative estimate of drug-likeness (QED) is 0.711. The van der Waals surface area contributed by atoms with Gasteiger partial charge in [-0.05, 0) is 46.3 Å². The van der Waals surface area contributed by atoms with E-state index in [1.165, 1.54) is 12.1 Å². The second-order valence-electron chi connectivity index (χ2n) is 4.09. The molecule has 3 N–H and O–H groups in total. The van der Waals surface area contributed by atoms with Crippen molar-refractivity contribution in [2.24, 2.45) is 0 Å². The molecule has 0 aliphatic rings. The fourth-order valence-electron chi connectivity index (χ4n) is 1.95. The van der Waals surface area contributed by atoms with Crippen LogP contribution in [-0.4, -0.2) is 10.2 Å². The van der Waals surface area contributed by atoms with Crippen LogP contribution in [0.15, 0.2) is 39.4 Å². The van der Waals surface area contributed by atoms with Crippen LogP contribution in [-0.2, 0) is 0 Å². The molecule has 4 nitrogen and oxygen atoms in total. The molecule has 0 aliphatic carbocycles. The minimum atomic E-state index is -0.414. The van der Waals surface area contributed by atoms with Crippen molar-refractivity contribution in [2.75, 3.05) is 5.73 Å². The lowest BCUT2D eigenvalue weighted by Crippen LogP contribution is -1.90. The van der Waals surface area contributed by atoms with Crippen molar-refractivity contribution in [3.8, 4) is 22.6 Å². The molecule has 0 amide bonds. The minimum absolute atomic E-state index is 0.255. The fraction of sp³-hybridized carbons (Fsp3) is 0. The van der Waals surface area contributed by atoms with E-state index in [-0.39, 0.29) is 10.8 Å². The molecule has 0 unspecified atom stereocenters. The molecule has 20 heavy (non-hydrogen) atoms. The number of H-pyrrole nitrogens is 1. The van der Waals surface area contributed by atoms with E-state index in [2.05, 4.69) is 26.1 Å². The Hall–Kier alpha value is -1.79. The van der Waals surface area contributed by atoms with E-state index < -0.39 is 5.82 Å². The number of halogens is 3. The van der Waals surface area contributed by atoms with E-state index in [0.717, 1.165) is 0 Å². The number of hydrogen-bond donors (Lipinski definition) is 2. The van der Waals surface area contributed by atoms with Gasteiger partial charge in [-0.15, -0.1) is 0 Å². The second-order valence-corrected chi connectivity index (χ2v) is 5.28. The average molecular weight is 357 g/mol. The maximum Gasteiger partial charge on any atom is 0.169 e. The monoisotopic (exact) mass is 355 g/mol. The second kappa shape index (κ2) is 4.96. The maximum atomic E-state index is 13.2. The van der Waals surface area contributed by atoms with Gasteiger partial charge in [0.15, 0.2) is 16.2 Å². The predicted molar refractivity (Wildman–Crippen MR) is 78.8 cm³/mol. The highest BCUT2D eigenvalue weighted by Crippen LogP contribution is 2.39. The molecule has 1 aromatic carbocycles. The van der Waals surface area contributed by atoms with Gasteiger partial charge in [-0.1, -0.05) is 11.6 Å². The summed E-state index contributed by atoms with van der Waals surface area (Å²) in [6, 6.07) is 7.61. The van der Waals surface area contributed by atoms with Crippen LogP contribution < -0.4 is 5.73 Å². The smallest absolute Gasteiger partial charge is 0.169 e. The SMILES string of the molecule is Nc1n[nH]c(-c2ccc(Br)o2)c1-c1ccc(F)cc1Cl. The Kier molecular flexibility index (Phi) is 3.27. The van der Waals surface area contributed by atoms with Gasteiger partial charge in [-0.3, -0.25) is 5.10 Å². The van der Waals surface area contributed by atoms with Crippen molar-refractivity contribution in [3.05, 3.63) is 45.8 Å². The number of anilines is 1. The number of nitrogens with zero attached hydrogens (tertiary/aromatic N) is 1. The molecule has 3 aromatic rings. The highest BCUT2D eigenvalue weighted by atomic mass is 79.9. The van der Waals surface area contributed by atoms with Crippen molar-refractivity contribution >= 4 is 33.3 Å². The van der Waals surface area contributed by atoms with Crippen LogP contribution in [0.25, 0.3) is 22.6 Å². The molecule has 7 heteroatoms. The number of nitrogens with two attached hydrogens (primary N) is 1. The predicted octanol–water partition coefficient (Wildman–Crippen LogP) is 4.47. The summed E-state index contributed by atoms with van der Waals surface area (Å²) < 4.78 is 19.2. The highest BCUT2D eigenvalue weighted by molar-refractivity contribution is 9.10. The Morgan fingerprint density at radius 1 is 1.30 bits per heavy atom. The van der Waals surface area contributed by atoms with Crippen LogP contribution in [0, 0.1) is 5.82 Å². The van der Waals surface area contributed by atoms with Gasteiger partial charge in [0.1, 0.15) is 11.5 Å². The van der Waals surface area contributed by atoms with Crippen LogP contribution in [0.5, 0.6) is 0 Å². The van der Waals surface area contributed by atoms with Crippen LogP contribution in [0.4, 0.5) is 10.2 Å². The molecular formula is C13H8BrClFN3O. The van der Waals surface area contributed by atoms with Gasteiger partial charge in [-0.25, -0.2) is 4.39 Å². The molecule has 0 bridgehead atoms. The fourth-order valence-corrected chi connectivity index (χ4v) is 2.52. The van der Waals surface area contributed by atoms with Crippen molar-refractivity contribution in [3.63, 3.8) is 0 Å². The minimum Gasteiger partial charge on any atom is -0.448 e. The molecule has 0 atom stereocenters. The van der Waals surface area contributed by atoms with Gasteiger partial charge in [-0.2, -0.15) is 5.10 Å². The lowest BCUT2D eigenvalue weighted by atomic mass is 10.0. The normalized spacial score (nSPS) is 10.9. The average Bonchev–Trinajstić information content (AvgIpc) is 2.96. The number of furan rings is 1. The Labute approximate surface area is 126 Å². The van der Waals surface area contributed by atoms with Gasteiger partial charge in [0.2, 0.25) is 0 Å². The summed E-state index contributed by atoms with van der Waals surface area (Å²) in [5, 5.41) is 7.02. The number of benzene rings is 1. The van der Waals surface area contributed by atoms with E-state index in [0.29, 0.717) is 27.3 Å². The standard InChI is InChI=1S/C13H8BrClFN3O/c14-10-4-3-9(20-10)12-11(13(17)19-18-12)7-2-1-6(16)5-8(7)15/h1-5H,(H3,17,18,19). The molecule has 0 saturated carbocycles. The first-order valence-electron chi connectivity index (χ1n) is 5.61. The largest absolute Gasteiger partial charge is 0.448 e. The Bertz CT molecular complexity index is 784. The van der Waals surface area contributed by atoms with Crippen LogP contribution in [0.1, 0.15) is 0 Å². The molecule has 3 rings (SSSR count). The van der Waals surface area contributed by atoms with Crippen molar-refractivity contribution in [1.29, 1.82) is 0 Å². The lowest BCUT2D eigenvalue weighted by molar-refractivity contribution is 0.553. The highest BCUT2D eigenvalue weighted by Gasteiger charge is 2.19. The van der Waals surface area contributed by atoms with E-state index in [4.69, 9.17) is 21.8 Å². The summed E-state index contributed by atoms with van der Waals surface area (Å²) in [5.41, 5.74) is 7.63. The molecule has 0 fully saturated rings. The number of aromatic nitrogens is 2. The number of rotatable bonds is 2. The maximum absolute atomic E-state index is 13.2. The zero-order valence-electron chi connectivity index (χ0n) is 9.95. The van der Waals surface area contributed by atoms with E-state index in [9.17, 15) is 4.39 Å². The van der Waals surface area contributed by atoms with E-state index >= 15 is 0 Å². The van der Waals surface area contributed by atoms with Gasteiger partial charge in [0.25, 0.3) is 0 Å². The summed E-state index contributed by atoms with van der Waals surface area (Å²) in [6.07, 6.45) is 0. The number of hydrogen-bond acceptors (Lipinski definition) is 3. The third-order valence-electron chi connectivity index (χ3n) is 2.81. The summed E-state index contributed by atoms with van der Waals surface area (Å²) in [6.45, 7) is 0. The number of nitrogen functional groups attached to an aromatic ring is 1. The Balaban J connectivity index is 2.21. The van der Waals surface area contributed by atoms with Crippen molar-refractivity contribution in [2.45, 2.75) is 0 Å². The summed E-state index contributed by atoms with van der Waals surface area (Å²) in [4.78, 5) is 0. The van der Waals surface area contributed by atoms with Crippen molar-refractivity contribution in [1.82, 2.24) is 10.2 Å². The summed E-state index contributed by atoms with van der Waals surface area (Å²) in [7, 11) is 0. The third-order valence-corrected chi connectivity index (χ3v) is 3.55. The first-order valence-corrected chi connectivity index (χ1v) is 6.78. The zero-order chi connectivity index (χ0) is 14.3. The van der Waals surface area contributed by atoms with E-state index in [1.807, 2.05) is 0 Å². The van der Waals surface area contributed by atoms with Crippen LogP contribution in [0.2, 0.25) is 5.02 Å². The Morgan fingerprint density at radius 3 is 2.75 bits per heavy atom. The molecule has 0 aliphatic heterocycles. The first-order chi connectivity index (χ1) is 9.56. The van der Waals surface area contributed by atoms with E-state index in [1.54, 1.807) is 18.2 Å². The Morgan fingerprint density at radius 2 is 2.10 bits per heavy atom. The number of aromatic amines is 1. The van der Waals surface area contributed by atoms with Gasteiger partial charge < -0.3 is 10.2 Å². The summed E-state index contributed by atoms with van der Waals surface area (Å²) >= 11 is 9.31. The first kappa shape index (κ1) is 13.2. The molecule has 0 spiro atoms. The van der Waals surface area contributed by atoms with Crippen LogP contribution in [0.3, 0.4) is 0 Å². The topological polar surface area (TPSA) is 67.8 Å². The summed E-state index contributed by atoms with van der Waals surface area (Å²) in [5.74, 6) is 0.403. The molecular weight excluding hydrogens is 349 g/mol. The van der Waals surface area contributed by atoms with Gasteiger partial charge in [0.05, 0.1) is 10.6 Å². The van der Waals surface area contributed by atoms with Gasteiger partial charge >= 0.3 is 0 Å². The molecule has 0 radical (unpaired) electrons. The molecule has 2 heterocycles. The zero-order valence-corrected chi connectivity index (χ0v) is 12.3. The van der Waals surface area contributed by atoms with Gasteiger partial charge in [0, 0.05) is 5.56 Å². The molecule has 2 aromatic heterocycles. The van der Waals surface area contributed by atoms with Crippen LogP contribution >= 0.6 is 27.5 Å². The number of nitrogens with one attached hydrogen (secondary N) is 1. The lowest BCUT2D eigenvalue weighted by Gasteiger charge is -2.05. The third kappa shape index (κ3) is 2.21. The molecule has 102 valence electrons.